The summed E-state index contributed by atoms with van der Waals surface area (Å²) in [5, 5.41) is 0. The minimum Gasteiger partial charge on any atom is -0.489 e. The smallest absolute Gasteiger partial charge is 0.123 e. The molecule has 0 fully saturated rings. The first-order chi connectivity index (χ1) is 11.6. The summed E-state index contributed by atoms with van der Waals surface area (Å²) in [5.74, 6) is 1.31. The first kappa shape index (κ1) is 16.3. The average molecular weight is 316 g/mol. The van der Waals surface area contributed by atoms with Crippen LogP contribution in [0.15, 0.2) is 78.6 Å². The Morgan fingerprint density at radius 2 is 1.88 bits per heavy atom. The molecule has 1 aliphatic heterocycles. The third-order valence-corrected chi connectivity index (χ3v) is 4.52. The normalized spacial score (nSPS) is 18.1. The molecule has 24 heavy (non-hydrogen) atoms. The van der Waals surface area contributed by atoms with E-state index in [1.54, 1.807) is 0 Å². The van der Waals surface area contributed by atoms with Crippen molar-refractivity contribution in [2.75, 3.05) is 0 Å². The van der Waals surface area contributed by atoms with Gasteiger partial charge in [0.1, 0.15) is 12.4 Å². The van der Waals surface area contributed by atoms with E-state index in [-0.39, 0.29) is 0 Å². The van der Waals surface area contributed by atoms with Gasteiger partial charge in [-0.2, -0.15) is 0 Å². The Kier molecular flexibility index (Phi) is 4.71. The molecule has 122 valence electrons. The van der Waals surface area contributed by atoms with Gasteiger partial charge in [0, 0.05) is 11.5 Å². The predicted octanol–water partition coefficient (Wildman–Crippen LogP) is 6.23. The number of ether oxygens (including phenoxy) is 1. The monoisotopic (exact) mass is 316 g/mol. The van der Waals surface area contributed by atoms with Crippen molar-refractivity contribution in [2.45, 2.75) is 33.3 Å². The lowest BCUT2D eigenvalue weighted by Crippen LogP contribution is -2.09. The molecule has 1 atom stereocenters. The van der Waals surface area contributed by atoms with E-state index < -0.39 is 0 Å². The molecule has 1 aliphatic rings. The minimum atomic E-state index is 0.369. The molecule has 0 aromatic heterocycles. The Morgan fingerprint density at radius 1 is 1.12 bits per heavy atom. The van der Waals surface area contributed by atoms with Crippen molar-refractivity contribution >= 4 is 5.57 Å². The first-order valence-corrected chi connectivity index (χ1v) is 8.45. The van der Waals surface area contributed by atoms with Crippen LogP contribution < -0.4 is 0 Å². The van der Waals surface area contributed by atoms with Gasteiger partial charge in [0.2, 0.25) is 0 Å². The highest BCUT2D eigenvalue weighted by atomic mass is 16.5. The van der Waals surface area contributed by atoms with Crippen molar-refractivity contribution in [2.24, 2.45) is 0 Å². The van der Waals surface area contributed by atoms with Crippen LogP contribution in [0.4, 0.5) is 0 Å². The molecule has 0 bridgehead atoms. The fourth-order valence-corrected chi connectivity index (χ4v) is 3.20. The van der Waals surface area contributed by atoms with Gasteiger partial charge in [-0.25, -0.2) is 0 Å². The van der Waals surface area contributed by atoms with Crippen molar-refractivity contribution in [3.63, 3.8) is 0 Å². The van der Waals surface area contributed by atoms with Crippen molar-refractivity contribution in [3.8, 4) is 0 Å². The largest absolute Gasteiger partial charge is 0.489 e. The maximum absolute atomic E-state index is 5.96. The van der Waals surface area contributed by atoms with Crippen LogP contribution in [-0.2, 0) is 11.3 Å². The molecule has 1 nitrogen and oxygen atoms in total. The molecular weight excluding hydrogens is 292 g/mol. The van der Waals surface area contributed by atoms with Crippen LogP contribution in [0.5, 0.6) is 0 Å². The summed E-state index contributed by atoms with van der Waals surface area (Å²) < 4.78 is 5.96. The zero-order valence-corrected chi connectivity index (χ0v) is 14.7. The number of rotatable bonds is 3. The van der Waals surface area contributed by atoms with Crippen LogP contribution in [0.3, 0.4) is 0 Å². The highest BCUT2D eigenvalue weighted by Gasteiger charge is 2.20. The highest BCUT2D eigenvalue weighted by molar-refractivity contribution is 5.82. The van der Waals surface area contributed by atoms with E-state index in [2.05, 4.69) is 68.1 Å². The van der Waals surface area contributed by atoms with Gasteiger partial charge in [0.25, 0.3) is 0 Å². The molecule has 0 saturated heterocycles. The van der Waals surface area contributed by atoms with Crippen LogP contribution in [0.2, 0.25) is 0 Å². The van der Waals surface area contributed by atoms with Gasteiger partial charge in [0.05, 0.1) is 0 Å². The van der Waals surface area contributed by atoms with E-state index in [0.717, 1.165) is 16.9 Å². The summed E-state index contributed by atoms with van der Waals surface area (Å²) >= 11 is 0. The van der Waals surface area contributed by atoms with E-state index in [9.17, 15) is 0 Å². The minimum absolute atomic E-state index is 0.369. The number of benzene rings is 2. The second kappa shape index (κ2) is 6.92. The zero-order valence-electron chi connectivity index (χ0n) is 14.7. The van der Waals surface area contributed by atoms with Gasteiger partial charge in [-0.05, 0) is 48.3 Å². The van der Waals surface area contributed by atoms with E-state index in [1.165, 1.54) is 22.3 Å². The summed E-state index contributed by atoms with van der Waals surface area (Å²) in [4.78, 5) is 0. The van der Waals surface area contributed by atoms with Crippen molar-refractivity contribution in [3.05, 3.63) is 101 Å². The van der Waals surface area contributed by atoms with Gasteiger partial charge in [-0.15, -0.1) is 0 Å². The molecule has 0 amide bonds. The van der Waals surface area contributed by atoms with Crippen LogP contribution in [0, 0.1) is 0 Å². The molecule has 0 spiro atoms. The number of hydrogen-bond acceptors (Lipinski definition) is 1. The lowest BCUT2D eigenvalue weighted by atomic mass is 9.87. The molecule has 2 aromatic carbocycles. The Hall–Kier alpha value is -2.54. The van der Waals surface area contributed by atoms with Crippen LogP contribution >= 0.6 is 0 Å². The second-order valence-electron chi connectivity index (χ2n) is 6.39. The molecule has 1 heteroatoms. The van der Waals surface area contributed by atoms with Gasteiger partial charge in [0.15, 0.2) is 0 Å². The van der Waals surface area contributed by atoms with Crippen molar-refractivity contribution in [1.29, 1.82) is 0 Å². The number of allylic oxidation sites excluding steroid dienone is 4. The number of hydrogen-bond donors (Lipinski definition) is 0. The third-order valence-electron chi connectivity index (χ3n) is 4.52. The lowest BCUT2D eigenvalue weighted by Gasteiger charge is -2.25. The summed E-state index contributed by atoms with van der Waals surface area (Å²) in [6, 6.07) is 17.4. The first-order valence-electron chi connectivity index (χ1n) is 8.45. The van der Waals surface area contributed by atoms with Gasteiger partial charge in [-0.3, -0.25) is 0 Å². The van der Waals surface area contributed by atoms with E-state index in [4.69, 9.17) is 4.74 Å². The predicted molar refractivity (Wildman–Crippen MR) is 102 cm³/mol. The molecule has 1 heterocycles. The van der Waals surface area contributed by atoms with Crippen molar-refractivity contribution in [1.82, 2.24) is 0 Å². The Morgan fingerprint density at radius 3 is 2.54 bits per heavy atom. The highest BCUT2D eigenvalue weighted by Crippen LogP contribution is 2.36. The summed E-state index contributed by atoms with van der Waals surface area (Å²) in [7, 11) is 0. The molecule has 1 unspecified atom stereocenters. The van der Waals surface area contributed by atoms with Gasteiger partial charge in [-0.1, -0.05) is 67.6 Å². The quantitative estimate of drug-likeness (QED) is 0.652. The molecule has 2 aromatic rings. The molecule has 0 radical (unpaired) electrons. The Balaban J connectivity index is 2.02. The summed E-state index contributed by atoms with van der Waals surface area (Å²) in [5.41, 5.74) is 7.31. The third kappa shape index (κ3) is 3.21. The fourth-order valence-electron chi connectivity index (χ4n) is 3.20. The molecule has 3 rings (SSSR count). The Labute approximate surface area is 145 Å². The molecule has 0 aliphatic carbocycles. The standard InChI is InChI=1S/C23H24O/c1-5-23-22(13-16(2)3)21-12-11-19(14-20(21)15-24-23)17(4)18-9-7-6-8-10-18/h5-14,17H,2,15H2,1,3-4H3/b22-13-,23-5+. The molecule has 0 N–H and O–H groups in total. The fraction of sp³-hybridized carbons (Fsp3) is 0.217. The van der Waals surface area contributed by atoms with Crippen LogP contribution in [0.1, 0.15) is 48.9 Å². The lowest BCUT2D eigenvalue weighted by molar-refractivity contribution is 0.207. The van der Waals surface area contributed by atoms with Gasteiger partial charge >= 0.3 is 0 Å². The second-order valence-corrected chi connectivity index (χ2v) is 6.39. The Bertz CT molecular complexity index is 809. The summed E-state index contributed by atoms with van der Waals surface area (Å²) in [6.45, 7) is 10.9. The number of fused-ring (bicyclic) bond motifs is 1. The van der Waals surface area contributed by atoms with Gasteiger partial charge < -0.3 is 4.74 Å². The average Bonchev–Trinajstić information content (AvgIpc) is 2.61. The molecule has 0 saturated carbocycles. The maximum atomic E-state index is 5.96. The van der Waals surface area contributed by atoms with E-state index >= 15 is 0 Å². The maximum Gasteiger partial charge on any atom is 0.123 e. The van der Waals surface area contributed by atoms with E-state index in [0.29, 0.717) is 12.5 Å². The van der Waals surface area contributed by atoms with Crippen molar-refractivity contribution < 1.29 is 4.74 Å². The van der Waals surface area contributed by atoms with Crippen LogP contribution in [-0.4, -0.2) is 0 Å². The van der Waals surface area contributed by atoms with E-state index in [1.807, 2.05) is 19.9 Å². The molecular formula is C23H24O. The zero-order chi connectivity index (χ0) is 17.1. The van der Waals surface area contributed by atoms with Crippen LogP contribution in [0.25, 0.3) is 5.57 Å². The summed E-state index contributed by atoms with van der Waals surface area (Å²) in [6.07, 6.45) is 4.13. The topological polar surface area (TPSA) is 9.23 Å². The SMILES string of the molecule is C=C(C)/C=C1\C(=C/C)OCc2cc(C(C)c3ccccc3)ccc21.